The second-order valence-corrected chi connectivity index (χ2v) is 5.83. The van der Waals surface area contributed by atoms with Crippen molar-refractivity contribution in [2.24, 2.45) is 0 Å². The van der Waals surface area contributed by atoms with E-state index in [1.807, 2.05) is 6.07 Å². The number of amides is 4. The van der Waals surface area contributed by atoms with Crippen LogP contribution >= 0.6 is 0 Å². The molecule has 3 rings (SSSR count). The minimum atomic E-state index is -1.23. The van der Waals surface area contributed by atoms with Gasteiger partial charge in [-0.1, -0.05) is 30.3 Å². The first-order valence-electron chi connectivity index (χ1n) is 7.43. The van der Waals surface area contributed by atoms with Crippen molar-refractivity contribution in [1.82, 2.24) is 15.8 Å². The van der Waals surface area contributed by atoms with Crippen LogP contribution in [0.5, 0.6) is 0 Å². The molecule has 0 aliphatic carbocycles. The Morgan fingerprint density at radius 1 is 1.21 bits per heavy atom. The van der Waals surface area contributed by atoms with Crippen molar-refractivity contribution in [3.63, 3.8) is 0 Å². The Morgan fingerprint density at radius 2 is 1.88 bits per heavy atom. The van der Waals surface area contributed by atoms with Crippen molar-refractivity contribution >= 4 is 17.8 Å². The highest BCUT2D eigenvalue weighted by Gasteiger charge is 2.50. The number of furan rings is 1. The van der Waals surface area contributed by atoms with Crippen molar-refractivity contribution in [2.45, 2.75) is 26.3 Å². The van der Waals surface area contributed by atoms with Gasteiger partial charge in [0.2, 0.25) is 0 Å². The van der Waals surface area contributed by atoms with E-state index in [0.29, 0.717) is 22.1 Å². The van der Waals surface area contributed by atoms with Gasteiger partial charge in [-0.15, -0.1) is 0 Å². The van der Waals surface area contributed by atoms with Gasteiger partial charge in [0.25, 0.3) is 11.8 Å². The van der Waals surface area contributed by atoms with Crippen LogP contribution in [0, 0.1) is 13.8 Å². The molecule has 7 nitrogen and oxygen atoms in total. The molecule has 0 saturated carbocycles. The molecular weight excluding hydrogens is 310 g/mol. The van der Waals surface area contributed by atoms with Crippen LogP contribution in [-0.2, 0) is 10.3 Å². The number of carbonyl (C=O) groups excluding carboxylic acids is 3. The Morgan fingerprint density at radius 3 is 2.46 bits per heavy atom. The quantitative estimate of drug-likeness (QED) is 0.844. The zero-order valence-corrected chi connectivity index (χ0v) is 13.5. The van der Waals surface area contributed by atoms with E-state index < -0.39 is 23.4 Å². The number of imide groups is 1. The Balaban J connectivity index is 1.85. The van der Waals surface area contributed by atoms with E-state index in [2.05, 4.69) is 10.7 Å². The highest BCUT2D eigenvalue weighted by Crippen LogP contribution is 2.27. The van der Waals surface area contributed by atoms with Crippen LogP contribution < -0.4 is 10.7 Å². The SMILES string of the molecule is Cc1cc(C(=O)NN2C(=O)N[C@@](C)(c3ccccc3)C2=O)c(C)o1. The van der Waals surface area contributed by atoms with E-state index in [9.17, 15) is 14.4 Å². The van der Waals surface area contributed by atoms with Gasteiger partial charge >= 0.3 is 6.03 Å². The standard InChI is InChI=1S/C17H17N3O4/c1-10-9-13(11(2)24-10)14(21)19-20-15(22)17(3,18-16(20)23)12-7-5-4-6-8-12/h4-9H,1-3H3,(H,18,23)(H,19,21)/t17-/m0/s1. The molecule has 2 aromatic rings. The molecule has 1 fully saturated rings. The molecule has 1 aliphatic rings. The first-order chi connectivity index (χ1) is 11.3. The lowest BCUT2D eigenvalue weighted by atomic mass is 9.92. The van der Waals surface area contributed by atoms with Crippen LogP contribution in [0.2, 0.25) is 0 Å². The monoisotopic (exact) mass is 327 g/mol. The summed E-state index contributed by atoms with van der Waals surface area (Å²) in [4.78, 5) is 37.2. The van der Waals surface area contributed by atoms with E-state index in [1.54, 1.807) is 51.1 Å². The fourth-order valence-corrected chi connectivity index (χ4v) is 2.73. The highest BCUT2D eigenvalue weighted by atomic mass is 16.3. The van der Waals surface area contributed by atoms with Gasteiger partial charge in [0, 0.05) is 0 Å². The number of urea groups is 1. The smallest absolute Gasteiger partial charge is 0.344 e. The lowest BCUT2D eigenvalue weighted by Gasteiger charge is -2.22. The van der Waals surface area contributed by atoms with E-state index in [-0.39, 0.29) is 5.56 Å². The van der Waals surface area contributed by atoms with E-state index in [0.717, 1.165) is 0 Å². The number of nitrogens with one attached hydrogen (secondary N) is 2. The predicted octanol–water partition coefficient (Wildman–Crippen LogP) is 2.01. The maximum Gasteiger partial charge on any atom is 0.344 e. The van der Waals surface area contributed by atoms with Gasteiger partial charge in [-0.2, -0.15) is 5.01 Å². The van der Waals surface area contributed by atoms with E-state index in [4.69, 9.17) is 4.42 Å². The fourth-order valence-electron chi connectivity index (χ4n) is 2.73. The average molecular weight is 327 g/mol. The van der Waals surface area contributed by atoms with Gasteiger partial charge in [0.1, 0.15) is 17.1 Å². The van der Waals surface area contributed by atoms with Gasteiger partial charge in [0.15, 0.2) is 0 Å². The molecule has 2 N–H and O–H groups in total. The third-order valence-corrected chi connectivity index (χ3v) is 4.04. The average Bonchev–Trinajstić information content (AvgIpc) is 3.00. The second kappa shape index (κ2) is 5.52. The molecule has 0 unspecified atom stereocenters. The molecule has 7 heteroatoms. The summed E-state index contributed by atoms with van der Waals surface area (Å²) in [6.07, 6.45) is 0. The largest absolute Gasteiger partial charge is 0.466 e. The second-order valence-electron chi connectivity index (χ2n) is 5.83. The molecule has 1 aromatic carbocycles. The summed E-state index contributed by atoms with van der Waals surface area (Å²) in [5.41, 5.74) is 2.03. The van der Waals surface area contributed by atoms with Crippen molar-refractivity contribution in [3.05, 3.63) is 59.0 Å². The molecule has 24 heavy (non-hydrogen) atoms. The molecule has 1 aromatic heterocycles. The van der Waals surface area contributed by atoms with E-state index >= 15 is 0 Å². The number of hydrazine groups is 1. The third-order valence-electron chi connectivity index (χ3n) is 4.04. The molecule has 1 aliphatic heterocycles. The maximum atomic E-state index is 12.7. The van der Waals surface area contributed by atoms with Crippen molar-refractivity contribution in [2.75, 3.05) is 0 Å². The predicted molar refractivity (Wildman–Crippen MR) is 84.8 cm³/mol. The molecule has 124 valence electrons. The Bertz CT molecular complexity index is 828. The zero-order chi connectivity index (χ0) is 17.5. The van der Waals surface area contributed by atoms with Crippen LogP contribution in [0.3, 0.4) is 0 Å². The molecule has 2 heterocycles. The number of hydrogen-bond acceptors (Lipinski definition) is 4. The highest BCUT2D eigenvalue weighted by molar-refractivity contribution is 6.09. The van der Waals surface area contributed by atoms with Crippen LogP contribution in [0.15, 0.2) is 40.8 Å². The molecule has 1 atom stereocenters. The normalized spacial score (nSPS) is 20.2. The topological polar surface area (TPSA) is 91.7 Å². The Hall–Kier alpha value is -3.09. The van der Waals surface area contributed by atoms with Crippen molar-refractivity contribution in [3.8, 4) is 0 Å². The molecule has 0 bridgehead atoms. The summed E-state index contributed by atoms with van der Waals surface area (Å²) in [5.74, 6) is -0.137. The summed E-state index contributed by atoms with van der Waals surface area (Å²) in [5, 5.41) is 3.33. The molecule has 1 saturated heterocycles. The van der Waals surface area contributed by atoms with Gasteiger partial charge < -0.3 is 9.73 Å². The first kappa shape index (κ1) is 15.8. The zero-order valence-electron chi connectivity index (χ0n) is 13.5. The van der Waals surface area contributed by atoms with Crippen molar-refractivity contribution in [1.29, 1.82) is 0 Å². The first-order valence-corrected chi connectivity index (χ1v) is 7.43. The fraction of sp³-hybridized carbons (Fsp3) is 0.235. The summed E-state index contributed by atoms with van der Waals surface area (Å²) in [7, 11) is 0. The summed E-state index contributed by atoms with van der Waals surface area (Å²) in [6, 6.07) is 9.73. The summed E-state index contributed by atoms with van der Waals surface area (Å²) < 4.78 is 5.30. The van der Waals surface area contributed by atoms with Gasteiger partial charge in [-0.05, 0) is 32.4 Å². The Labute approximate surface area is 138 Å². The molecular formula is C17H17N3O4. The van der Waals surface area contributed by atoms with Crippen LogP contribution in [0.25, 0.3) is 0 Å². The van der Waals surface area contributed by atoms with Crippen LogP contribution in [-0.4, -0.2) is 22.9 Å². The molecule has 0 radical (unpaired) electrons. The van der Waals surface area contributed by atoms with Gasteiger partial charge in [-0.3, -0.25) is 15.0 Å². The number of hydrogen-bond donors (Lipinski definition) is 2. The number of benzene rings is 1. The number of rotatable bonds is 3. The lowest BCUT2D eigenvalue weighted by molar-refractivity contribution is -0.132. The summed E-state index contributed by atoms with van der Waals surface area (Å²) >= 11 is 0. The molecule has 0 spiro atoms. The minimum Gasteiger partial charge on any atom is -0.466 e. The lowest BCUT2D eigenvalue weighted by Crippen LogP contribution is -2.48. The van der Waals surface area contributed by atoms with Gasteiger partial charge in [0.05, 0.1) is 5.56 Å². The molecule has 4 amide bonds. The number of aryl methyl sites for hydroxylation is 2. The van der Waals surface area contributed by atoms with Crippen LogP contribution in [0.1, 0.15) is 34.4 Å². The summed E-state index contributed by atoms with van der Waals surface area (Å²) in [6.45, 7) is 4.95. The number of nitrogens with zero attached hydrogens (tertiary/aromatic N) is 1. The van der Waals surface area contributed by atoms with E-state index in [1.165, 1.54) is 0 Å². The van der Waals surface area contributed by atoms with Gasteiger partial charge in [-0.25, -0.2) is 4.79 Å². The minimum absolute atomic E-state index is 0.279. The number of carbonyl (C=O) groups is 3. The maximum absolute atomic E-state index is 12.7. The third kappa shape index (κ3) is 2.44. The Kier molecular flexibility index (Phi) is 3.63. The van der Waals surface area contributed by atoms with Crippen molar-refractivity contribution < 1.29 is 18.8 Å². The van der Waals surface area contributed by atoms with Crippen LogP contribution in [0.4, 0.5) is 4.79 Å².